The minimum atomic E-state index is -0.755. The van der Waals surface area contributed by atoms with Crippen molar-refractivity contribution in [1.29, 1.82) is 0 Å². The smallest absolute Gasteiger partial charge is 0.161 e. The summed E-state index contributed by atoms with van der Waals surface area (Å²) in [6.07, 6.45) is 1.32. The Balaban J connectivity index is 1.80. The van der Waals surface area contributed by atoms with Gasteiger partial charge in [0.05, 0.1) is 12.6 Å². The average molecular weight is 567 g/mol. The molecule has 0 spiro atoms. The molecule has 0 saturated heterocycles. The molecule has 4 rings (SSSR count). The Morgan fingerprint density at radius 3 is 1.67 bits per heavy atom. The number of rotatable bonds is 16. The topological polar surface area (TPSA) is 68.0 Å². The Kier molecular flexibility index (Phi) is 11.6. The summed E-state index contributed by atoms with van der Waals surface area (Å²) in [5.74, 6) is 2.07. The number of aliphatic hydroxyl groups excluding tert-OH is 1. The van der Waals surface area contributed by atoms with Crippen LogP contribution in [0.15, 0.2) is 115 Å². The maximum absolute atomic E-state index is 11.6. The molecule has 0 saturated carbocycles. The van der Waals surface area contributed by atoms with Crippen LogP contribution in [0.25, 0.3) is 0 Å². The maximum Gasteiger partial charge on any atom is 0.161 e. The van der Waals surface area contributed by atoms with Gasteiger partial charge in [-0.3, -0.25) is 4.90 Å². The van der Waals surface area contributed by atoms with Gasteiger partial charge in [-0.05, 0) is 53.6 Å². The van der Waals surface area contributed by atoms with E-state index in [1.54, 1.807) is 7.11 Å². The molecule has 0 aromatic heterocycles. The molecule has 222 valence electrons. The van der Waals surface area contributed by atoms with Crippen LogP contribution < -0.4 is 15.2 Å². The molecule has 0 aliphatic rings. The highest BCUT2D eigenvalue weighted by atomic mass is 16.5. The molecule has 0 aliphatic heterocycles. The van der Waals surface area contributed by atoms with E-state index in [-0.39, 0.29) is 6.61 Å². The van der Waals surface area contributed by atoms with Crippen molar-refractivity contribution in [2.75, 3.05) is 33.4 Å². The van der Waals surface area contributed by atoms with Crippen molar-refractivity contribution < 1.29 is 14.6 Å². The van der Waals surface area contributed by atoms with Gasteiger partial charge in [0, 0.05) is 13.1 Å². The zero-order valence-corrected chi connectivity index (χ0v) is 25.2. The summed E-state index contributed by atoms with van der Waals surface area (Å²) in [7, 11) is 1.63. The fourth-order valence-electron chi connectivity index (χ4n) is 6.11. The van der Waals surface area contributed by atoms with Crippen molar-refractivity contribution >= 4 is 0 Å². The van der Waals surface area contributed by atoms with Gasteiger partial charge < -0.3 is 20.3 Å². The predicted molar refractivity (Wildman–Crippen MR) is 172 cm³/mol. The number of nitrogens with zero attached hydrogens (tertiary/aromatic N) is 1. The third-order valence-corrected chi connectivity index (χ3v) is 8.16. The molecular formula is C37H46N2O3. The van der Waals surface area contributed by atoms with Gasteiger partial charge in [-0.25, -0.2) is 0 Å². The maximum atomic E-state index is 11.6. The van der Waals surface area contributed by atoms with Gasteiger partial charge in [0.2, 0.25) is 0 Å². The highest BCUT2D eigenvalue weighted by Gasteiger charge is 2.43. The molecule has 0 radical (unpaired) electrons. The zero-order valence-electron chi connectivity index (χ0n) is 25.2. The Labute approximate surface area is 251 Å². The first-order valence-electron chi connectivity index (χ1n) is 15.1. The van der Waals surface area contributed by atoms with Crippen LogP contribution in [0.3, 0.4) is 0 Å². The second-order valence-corrected chi connectivity index (χ2v) is 11.2. The lowest BCUT2D eigenvalue weighted by atomic mass is 9.74. The molecule has 0 bridgehead atoms. The van der Waals surface area contributed by atoms with Crippen LogP contribution in [0.2, 0.25) is 0 Å². The Morgan fingerprint density at radius 1 is 0.738 bits per heavy atom. The third-order valence-electron chi connectivity index (χ3n) is 8.16. The molecule has 0 fully saturated rings. The first-order valence-corrected chi connectivity index (χ1v) is 15.1. The number of ether oxygens (including phenoxy) is 2. The molecule has 3 atom stereocenters. The molecule has 4 aromatic rings. The van der Waals surface area contributed by atoms with Crippen molar-refractivity contribution in [3.8, 4) is 11.5 Å². The minimum absolute atomic E-state index is 0.139. The first kappa shape index (κ1) is 31.3. The summed E-state index contributed by atoms with van der Waals surface area (Å²) < 4.78 is 11.6. The van der Waals surface area contributed by atoms with Crippen LogP contribution in [-0.2, 0) is 5.54 Å². The Bertz CT molecular complexity index is 1220. The second-order valence-electron chi connectivity index (χ2n) is 11.2. The van der Waals surface area contributed by atoms with E-state index in [0.717, 1.165) is 36.1 Å². The normalized spacial score (nSPS) is 13.9. The number of nitrogens with two attached hydrogens (primary N) is 1. The summed E-state index contributed by atoms with van der Waals surface area (Å²) in [5.41, 5.74) is 8.95. The van der Waals surface area contributed by atoms with Crippen LogP contribution in [0.1, 0.15) is 43.4 Å². The monoisotopic (exact) mass is 566 g/mol. The predicted octanol–water partition coefficient (Wildman–Crippen LogP) is 6.74. The molecule has 5 heteroatoms. The van der Waals surface area contributed by atoms with Crippen molar-refractivity contribution in [3.63, 3.8) is 0 Å². The molecule has 3 unspecified atom stereocenters. The molecule has 0 aliphatic carbocycles. The van der Waals surface area contributed by atoms with Gasteiger partial charge in [0.1, 0.15) is 12.7 Å². The van der Waals surface area contributed by atoms with E-state index < -0.39 is 11.6 Å². The molecule has 42 heavy (non-hydrogen) atoms. The lowest BCUT2D eigenvalue weighted by Gasteiger charge is -2.47. The summed E-state index contributed by atoms with van der Waals surface area (Å²) in [5, 5.41) is 11.6. The molecular weight excluding hydrogens is 520 g/mol. The summed E-state index contributed by atoms with van der Waals surface area (Å²) in [6, 6.07) is 39.5. The van der Waals surface area contributed by atoms with Gasteiger partial charge >= 0.3 is 0 Å². The summed E-state index contributed by atoms with van der Waals surface area (Å²) >= 11 is 0. The molecule has 4 aromatic carbocycles. The summed E-state index contributed by atoms with van der Waals surface area (Å²) in [6.45, 7) is 6.49. The van der Waals surface area contributed by atoms with E-state index in [1.165, 1.54) is 0 Å². The van der Waals surface area contributed by atoms with Crippen molar-refractivity contribution in [3.05, 3.63) is 132 Å². The minimum Gasteiger partial charge on any atom is -0.493 e. The third kappa shape index (κ3) is 7.40. The van der Waals surface area contributed by atoms with E-state index in [2.05, 4.69) is 110 Å². The number of aliphatic hydroxyl groups is 1. The van der Waals surface area contributed by atoms with Crippen LogP contribution in [0, 0.1) is 11.8 Å². The van der Waals surface area contributed by atoms with Crippen LogP contribution in [-0.4, -0.2) is 49.5 Å². The SMILES string of the molecule is CCC(CN)CC(C)CN(CC(O)COc1ccccc1OC)C(c1ccccc1)(c1ccccc1)c1ccccc1. The van der Waals surface area contributed by atoms with Crippen LogP contribution >= 0.6 is 0 Å². The fraction of sp³-hybridized carbons (Fsp3) is 0.351. The average Bonchev–Trinajstić information content (AvgIpc) is 3.04. The number of para-hydroxylation sites is 2. The van der Waals surface area contributed by atoms with Crippen molar-refractivity contribution in [1.82, 2.24) is 4.90 Å². The molecule has 3 N–H and O–H groups in total. The fourth-order valence-corrected chi connectivity index (χ4v) is 6.11. The molecule has 0 amide bonds. The number of hydrogen-bond donors (Lipinski definition) is 2. The van der Waals surface area contributed by atoms with E-state index in [0.29, 0.717) is 36.4 Å². The number of benzene rings is 4. The van der Waals surface area contributed by atoms with Gasteiger partial charge in [-0.1, -0.05) is 123 Å². The second kappa shape index (κ2) is 15.5. The lowest BCUT2D eigenvalue weighted by molar-refractivity contribution is 0.0298. The molecule has 0 heterocycles. The Morgan fingerprint density at radius 2 is 1.21 bits per heavy atom. The molecule has 5 nitrogen and oxygen atoms in total. The highest BCUT2D eigenvalue weighted by Crippen LogP contribution is 2.43. The number of hydrogen-bond acceptors (Lipinski definition) is 5. The number of methoxy groups -OCH3 is 1. The van der Waals surface area contributed by atoms with Gasteiger partial charge in [0.25, 0.3) is 0 Å². The van der Waals surface area contributed by atoms with Gasteiger partial charge in [0.15, 0.2) is 11.5 Å². The van der Waals surface area contributed by atoms with Crippen LogP contribution in [0.4, 0.5) is 0 Å². The standard InChI is InChI=1S/C37H46N2O3/c1-4-30(25-38)24-29(2)26-39(27-34(40)28-42-36-23-15-14-22-35(36)41-3)37(31-16-8-5-9-17-31,32-18-10-6-11-19-32)33-20-12-7-13-21-33/h5-23,29-30,34,40H,4,24-28,38H2,1-3H3. The summed E-state index contributed by atoms with van der Waals surface area (Å²) in [4.78, 5) is 2.46. The van der Waals surface area contributed by atoms with Gasteiger partial charge in [-0.15, -0.1) is 0 Å². The lowest BCUT2D eigenvalue weighted by Crippen LogP contribution is -2.53. The largest absolute Gasteiger partial charge is 0.493 e. The van der Waals surface area contributed by atoms with Crippen molar-refractivity contribution in [2.45, 2.75) is 38.3 Å². The quantitative estimate of drug-likeness (QED) is 0.147. The van der Waals surface area contributed by atoms with E-state index in [1.807, 2.05) is 24.3 Å². The van der Waals surface area contributed by atoms with Gasteiger partial charge in [-0.2, -0.15) is 0 Å². The van der Waals surface area contributed by atoms with E-state index in [4.69, 9.17) is 15.2 Å². The zero-order chi connectivity index (χ0) is 29.8. The Hall–Kier alpha value is -3.64. The van der Waals surface area contributed by atoms with E-state index >= 15 is 0 Å². The highest BCUT2D eigenvalue weighted by molar-refractivity contribution is 5.49. The van der Waals surface area contributed by atoms with Crippen molar-refractivity contribution in [2.24, 2.45) is 17.6 Å². The van der Waals surface area contributed by atoms with Crippen LogP contribution in [0.5, 0.6) is 11.5 Å². The van der Waals surface area contributed by atoms with E-state index in [9.17, 15) is 5.11 Å². The first-order chi connectivity index (χ1) is 20.5.